The van der Waals surface area contributed by atoms with Crippen LogP contribution >= 0.6 is 0 Å². The van der Waals surface area contributed by atoms with Crippen molar-refractivity contribution in [3.8, 4) is 11.5 Å². The minimum absolute atomic E-state index is 0.0173. The predicted octanol–water partition coefficient (Wildman–Crippen LogP) is 5.67. The molecule has 0 unspecified atom stereocenters. The molecule has 3 rings (SSSR count). The average Bonchev–Trinajstić information content (AvgIpc) is 2.90. The Morgan fingerprint density at radius 2 is 1.61 bits per heavy atom. The minimum Gasteiger partial charge on any atom is -0.490 e. The Hall–Kier alpha value is -3.02. The molecule has 1 atom stereocenters. The smallest absolute Gasteiger partial charge is 0.243 e. The fourth-order valence-electron chi connectivity index (χ4n) is 4.89. The van der Waals surface area contributed by atoms with Crippen LogP contribution in [0.4, 0.5) is 0 Å². The van der Waals surface area contributed by atoms with Crippen molar-refractivity contribution >= 4 is 11.8 Å². The van der Waals surface area contributed by atoms with E-state index in [9.17, 15) is 9.59 Å². The fraction of sp³-hybridized carbons (Fsp3) is 0.533. The number of carbonyl (C=O) groups excluding carboxylic acids is 2. The maximum atomic E-state index is 13.6. The summed E-state index contributed by atoms with van der Waals surface area (Å²) in [7, 11) is 0. The molecule has 6 nitrogen and oxygen atoms in total. The number of carbonyl (C=O) groups is 2. The maximum Gasteiger partial charge on any atom is 0.243 e. The van der Waals surface area contributed by atoms with Crippen molar-refractivity contribution in [1.82, 2.24) is 10.2 Å². The number of nitrogens with one attached hydrogen (secondary N) is 1. The van der Waals surface area contributed by atoms with Crippen molar-refractivity contribution in [2.45, 2.75) is 90.8 Å². The Morgan fingerprint density at radius 1 is 0.917 bits per heavy atom. The summed E-state index contributed by atoms with van der Waals surface area (Å²) in [6.45, 7) is 7.39. The van der Waals surface area contributed by atoms with E-state index in [1.165, 1.54) is 6.42 Å². The predicted molar refractivity (Wildman–Crippen MR) is 143 cm³/mol. The van der Waals surface area contributed by atoms with Gasteiger partial charge < -0.3 is 19.7 Å². The van der Waals surface area contributed by atoms with Crippen LogP contribution in [-0.2, 0) is 22.6 Å². The topological polar surface area (TPSA) is 67.9 Å². The Labute approximate surface area is 216 Å². The lowest BCUT2D eigenvalue weighted by molar-refractivity contribution is -0.141. The van der Waals surface area contributed by atoms with Crippen LogP contribution in [0.25, 0.3) is 0 Å². The molecule has 0 bridgehead atoms. The number of amides is 2. The van der Waals surface area contributed by atoms with Crippen molar-refractivity contribution in [1.29, 1.82) is 0 Å². The molecule has 2 aromatic carbocycles. The number of hydrogen-bond donors (Lipinski definition) is 1. The first kappa shape index (κ1) is 27.6. The lowest BCUT2D eigenvalue weighted by Gasteiger charge is -2.33. The van der Waals surface area contributed by atoms with E-state index in [-0.39, 0.29) is 17.9 Å². The SMILES string of the molecule is CCOc1ccc(CCC(=O)N(Cc2ccccc2)[C@@H](CC)C(=O)NC2CCCCC2)cc1OCC. The highest BCUT2D eigenvalue weighted by Crippen LogP contribution is 2.29. The highest BCUT2D eigenvalue weighted by Gasteiger charge is 2.30. The highest BCUT2D eigenvalue weighted by molar-refractivity contribution is 5.88. The standard InChI is InChI=1S/C30H42N2O4/c1-4-26(30(34)31-25-15-11-8-12-16-25)32(22-24-13-9-7-10-14-24)29(33)20-18-23-17-19-27(35-5-2)28(21-23)36-6-3/h7,9-10,13-14,17,19,21,25-26H,4-6,8,11-12,15-16,18,20,22H2,1-3H3,(H,31,34)/t26-/m0/s1. The summed E-state index contributed by atoms with van der Waals surface area (Å²) in [6, 6.07) is 15.5. The number of aryl methyl sites for hydroxylation is 1. The molecule has 0 spiro atoms. The van der Waals surface area contributed by atoms with E-state index >= 15 is 0 Å². The summed E-state index contributed by atoms with van der Waals surface area (Å²) in [5, 5.41) is 3.24. The van der Waals surface area contributed by atoms with E-state index in [4.69, 9.17) is 9.47 Å². The molecule has 2 amide bonds. The summed E-state index contributed by atoms with van der Waals surface area (Å²) >= 11 is 0. The zero-order valence-corrected chi connectivity index (χ0v) is 22.1. The van der Waals surface area contributed by atoms with Crippen molar-refractivity contribution in [3.63, 3.8) is 0 Å². The first-order chi connectivity index (χ1) is 17.5. The van der Waals surface area contributed by atoms with Gasteiger partial charge in [0.05, 0.1) is 13.2 Å². The monoisotopic (exact) mass is 494 g/mol. The number of ether oxygens (including phenoxy) is 2. The van der Waals surface area contributed by atoms with Gasteiger partial charge in [0.25, 0.3) is 0 Å². The molecule has 0 aromatic heterocycles. The van der Waals surface area contributed by atoms with E-state index in [1.807, 2.05) is 69.3 Å². The summed E-state index contributed by atoms with van der Waals surface area (Å²) in [5.74, 6) is 1.36. The van der Waals surface area contributed by atoms with Crippen LogP contribution in [0.3, 0.4) is 0 Å². The normalized spacial score (nSPS) is 14.6. The molecule has 1 N–H and O–H groups in total. The van der Waals surface area contributed by atoms with E-state index in [1.54, 1.807) is 4.90 Å². The molecule has 0 saturated heterocycles. The molecule has 6 heteroatoms. The largest absolute Gasteiger partial charge is 0.490 e. The van der Waals surface area contributed by atoms with Crippen molar-refractivity contribution in [3.05, 3.63) is 59.7 Å². The Morgan fingerprint density at radius 3 is 2.28 bits per heavy atom. The molecule has 196 valence electrons. The Bertz CT molecular complexity index is 957. The number of benzene rings is 2. The third-order valence-electron chi connectivity index (χ3n) is 6.77. The van der Waals surface area contributed by atoms with Crippen LogP contribution in [0.2, 0.25) is 0 Å². The van der Waals surface area contributed by atoms with E-state index < -0.39 is 6.04 Å². The zero-order valence-electron chi connectivity index (χ0n) is 22.1. The van der Waals surface area contributed by atoms with Crippen LogP contribution < -0.4 is 14.8 Å². The van der Waals surface area contributed by atoms with Gasteiger partial charge in [-0.3, -0.25) is 9.59 Å². The van der Waals surface area contributed by atoms with Crippen molar-refractivity contribution in [2.75, 3.05) is 13.2 Å². The van der Waals surface area contributed by atoms with Crippen LogP contribution in [-0.4, -0.2) is 42.0 Å². The summed E-state index contributed by atoms with van der Waals surface area (Å²) in [4.78, 5) is 28.7. The van der Waals surface area contributed by atoms with Gasteiger partial charge >= 0.3 is 0 Å². The van der Waals surface area contributed by atoms with Gasteiger partial charge in [0, 0.05) is 19.0 Å². The van der Waals surface area contributed by atoms with Gasteiger partial charge in [-0.05, 0) is 62.8 Å². The molecule has 0 heterocycles. The van der Waals surface area contributed by atoms with E-state index in [2.05, 4.69) is 5.32 Å². The van der Waals surface area contributed by atoms with Gasteiger partial charge in [0.2, 0.25) is 11.8 Å². The molecule has 36 heavy (non-hydrogen) atoms. The van der Waals surface area contributed by atoms with Gasteiger partial charge in [-0.2, -0.15) is 0 Å². The van der Waals surface area contributed by atoms with E-state index in [0.29, 0.717) is 50.5 Å². The van der Waals surface area contributed by atoms with Crippen LogP contribution in [0.1, 0.15) is 76.8 Å². The van der Waals surface area contributed by atoms with Gasteiger partial charge in [-0.15, -0.1) is 0 Å². The van der Waals surface area contributed by atoms with Gasteiger partial charge in [0.1, 0.15) is 6.04 Å². The second kappa shape index (κ2) is 14.5. The second-order valence-corrected chi connectivity index (χ2v) is 9.42. The number of hydrogen-bond acceptors (Lipinski definition) is 4. The zero-order chi connectivity index (χ0) is 25.8. The molecule has 2 aromatic rings. The average molecular weight is 495 g/mol. The van der Waals surface area contributed by atoms with Gasteiger partial charge in [0.15, 0.2) is 11.5 Å². The van der Waals surface area contributed by atoms with Gasteiger partial charge in [-0.1, -0.05) is 62.6 Å². The number of nitrogens with zero attached hydrogens (tertiary/aromatic N) is 1. The fourth-order valence-corrected chi connectivity index (χ4v) is 4.89. The quantitative estimate of drug-likeness (QED) is 0.389. The van der Waals surface area contributed by atoms with Crippen LogP contribution in [0.15, 0.2) is 48.5 Å². The third-order valence-corrected chi connectivity index (χ3v) is 6.77. The van der Waals surface area contributed by atoms with Crippen molar-refractivity contribution in [2.24, 2.45) is 0 Å². The highest BCUT2D eigenvalue weighted by atomic mass is 16.5. The number of rotatable bonds is 13. The van der Waals surface area contributed by atoms with Gasteiger partial charge in [-0.25, -0.2) is 0 Å². The minimum atomic E-state index is -0.487. The van der Waals surface area contributed by atoms with E-state index in [0.717, 1.165) is 36.8 Å². The molecule has 0 radical (unpaired) electrons. The first-order valence-electron chi connectivity index (χ1n) is 13.6. The second-order valence-electron chi connectivity index (χ2n) is 9.42. The Balaban J connectivity index is 1.74. The first-order valence-corrected chi connectivity index (χ1v) is 13.6. The lowest BCUT2D eigenvalue weighted by Crippen LogP contribution is -2.51. The maximum absolute atomic E-state index is 13.6. The third kappa shape index (κ3) is 8.00. The summed E-state index contributed by atoms with van der Waals surface area (Å²) in [5.41, 5.74) is 2.03. The van der Waals surface area contributed by atoms with Crippen molar-refractivity contribution < 1.29 is 19.1 Å². The molecule has 0 aliphatic heterocycles. The summed E-state index contributed by atoms with van der Waals surface area (Å²) in [6.07, 6.45) is 7.05. The van der Waals surface area contributed by atoms with Crippen LogP contribution in [0, 0.1) is 0 Å². The summed E-state index contributed by atoms with van der Waals surface area (Å²) < 4.78 is 11.4. The molecule has 1 saturated carbocycles. The molecule has 1 aliphatic rings. The molecular weight excluding hydrogens is 452 g/mol. The lowest BCUT2D eigenvalue weighted by atomic mass is 9.95. The van der Waals surface area contributed by atoms with Crippen LogP contribution in [0.5, 0.6) is 11.5 Å². The Kier molecular flexibility index (Phi) is 11.1. The molecular formula is C30H42N2O4. The molecule has 1 aliphatic carbocycles. The molecule has 1 fully saturated rings.